The zero-order chi connectivity index (χ0) is 24.2. The van der Waals surface area contributed by atoms with Gasteiger partial charge in [-0.15, -0.1) is 0 Å². The molecule has 0 aromatic heterocycles. The second-order valence-electron chi connectivity index (χ2n) is 12.5. The molecular formula is C28H38O6. The van der Waals surface area contributed by atoms with Crippen molar-refractivity contribution in [2.75, 3.05) is 6.61 Å². The third-order valence-electron chi connectivity index (χ3n) is 11.6. The van der Waals surface area contributed by atoms with E-state index < -0.39 is 17.1 Å². The standard InChI is InChI=1S/C28H38O6/c1-14-11-21(33-25(32)17(14)13-29)15(2)18-5-6-19-16-12-24-28(34-24)23(31)8-7-22(30)27(28,4)20(16)9-10-26(18,19)3/h7-8,15-16,18-21,23-24,29,31H,5-6,9-13H2,1-4H3/t15-,16?,18+,19-,20-,21?,23-,24+,26+,27-,28+/m0/s1. The van der Waals surface area contributed by atoms with Crippen LogP contribution in [0.4, 0.5) is 0 Å². The van der Waals surface area contributed by atoms with Gasteiger partial charge in [0.15, 0.2) is 5.78 Å². The number of aliphatic hydroxyl groups is 2. The van der Waals surface area contributed by atoms with Crippen molar-refractivity contribution in [3.8, 4) is 0 Å². The fraction of sp³-hybridized carbons (Fsp3) is 0.786. The quantitative estimate of drug-likeness (QED) is 0.485. The molecule has 2 N–H and O–H groups in total. The van der Waals surface area contributed by atoms with Gasteiger partial charge in [-0.1, -0.05) is 19.4 Å². The number of aliphatic hydroxyl groups excluding tert-OH is 2. The lowest BCUT2D eigenvalue weighted by Gasteiger charge is -2.58. The van der Waals surface area contributed by atoms with E-state index in [1.54, 1.807) is 12.2 Å². The molecule has 2 unspecified atom stereocenters. The van der Waals surface area contributed by atoms with Crippen LogP contribution in [-0.2, 0) is 19.1 Å². The van der Waals surface area contributed by atoms with Crippen LogP contribution in [0.2, 0.25) is 0 Å². The molecule has 1 saturated heterocycles. The summed E-state index contributed by atoms with van der Waals surface area (Å²) in [5.74, 6) is 1.61. The first-order valence-electron chi connectivity index (χ1n) is 13.2. The topological polar surface area (TPSA) is 96.4 Å². The zero-order valence-electron chi connectivity index (χ0n) is 20.8. The minimum absolute atomic E-state index is 0.0366. The summed E-state index contributed by atoms with van der Waals surface area (Å²) in [6, 6.07) is 0. The number of hydrogen-bond acceptors (Lipinski definition) is 6. The van der Waals surface area contributed by atoms with Crippen molar-refractivity contribution in [1.29, 1.82) is 0 Å². The molecule has 34 heavy (non-hydrogen) atoms. The second kappa shape index (κ2) is 7.27. The molecule has 0 radical (unpaired) electrons. The fourth-order valence-electron chi connectivity index (χ4n) is 9.69. The molecule has 0 amide bonds. The molecule has 0 bridgehead atoms. The SMILES string of the molecule is CC1=C(CO)C(=O)OC([C@@H](C)[C@H]2CC[C@H]3C4C[C@H]5O[C@]56[C@@H](O)C=CC(=O)[C@]6(C)[C@H]4CC[C@]23C)C1. The molecule has 6 nitrogen and oxygen atoms in total. The van der Waals surface area contributed by atoms with E-state index in [0.29, 0.717) is 29.7 Å². The van der Waals surface area contributed by atoms with Gasteiger partial charge < -0.3 is 19.7 Å². The minimum Gasteiger partial charge on any atom is -0.458 e. The number of cyclic esters (lactones) is 1. The summed E-state index contributed by atoms with van der Waals surface area (Å²) in [5.41, 5.74) is 0.129. The monoisotopic (exact) mass is 470 g/mol. The van der Waals surface area contributed by atoms with Crippen molar-refractivity contribution in [3.05, 3.63) is 23.3 Å². The van der Waals surface area contributed by atoms with E-state index >= 15 is 0 Å². The van der Waals surface area contributed by atoms with Crippen molar-refractivity contribution in [2.45, 2.75) is 90.1 Å². The molecule has 3 saturated carbocycles. The molecule has 0 aromatic rings. The Morgan fingerprint density at radius 2 is 1.94 bits per heavy atom. The molecular weight excluding hydrogens is 432 g/mol. The fourth-order valence-corrected chi connectivity index (χ4v) is 9.69. The molecule has 6 aliphatic rings. The average molecular weight is 471 g/mol. The summed E-state index contributed by atoms with van der Waals surface area (Å²) in [5, 5.41) is 20.4. The lowest BCUT2D eigenvalue weighted by atomic mass is 9.44. The maximum atomic E-state index is 13.3. The van der Waals surface area contributed by atoms with Gasteiger partial charge in [-0.05, 0) is 93.1 Å². The maximum absolute atomic E-state index is 13.3. The second-order valence-corrected chi connectivity index (χ2v) is 12.5. The van der Waals surface area contributed by atoms with Crippen LogP contribution in [0.5, 0.6) is 0 Å². The van der Waals surface area contributed by atoms with Crippen LogP contribution in [0.3, 0.4) is 0 Å². The van der Waals surface area contributed by atoms with Gasteiger partial charge in [-0.3, -0.25) is 4.79 Å². The van der Waals surface area contributed by atoms with Gasteiger partial charge in [0, 0.05) is 6.42 Å². The molecule has 0 aromatic carbocycles. The van der Waals surface area contributed by atoms with E-state index in [-0.39, 0.29) is 47.8 Å². The van der Waals surface area contributed by atoms with Crippen LogP contribution in [0, 0.1) is 40.4 Å². The molecule has 4 fully saturated rings. The Morgan fingerprint density at radius 3 is 2.65 bits per heavy atom. The van der Waals surface area contributed by atoms with Gasteiger partial charge in [0.1, 0.15) is 17.8 Å². The number of hydrogen-bond donors (Lipinski definition) is 2. The minimum atomic E-state index is -0.719. The summed E-state index contributed by atoms with van der Waals surface area (Å²) in [6.07, 6.45) is 8.23. The Bertz CT molecular complexity index is 999. The molecule has 1 spiro atoms. The van der Waals surface area contributed by atoms with Gasteiger partial charge in [0.25, 0.3) is 0 Å². The van der Waals surface area contributed by atoms with E-state index in [2.05, 4.69) is 20.8 Å². The number of esters is 1. The molecule has 6 rings (SSSR count). The van der Waals surface area contributed by atoms with Crippen LogP contribution < -0.4 is 0 Å². The van der Waals surface area contributed by atoms with Gasteiger partial charge in [-0.2, -0.15) is 0 Å². The molecule has 2 aliphatic heterocycles. The number of epoxide rings is 1. The van der Waals surface area contributed by atoms with Gasteiger partial charge in [0.2, 0.25) is 0 Å². The van der Waals surface area contributed by atoms with Crippen molar-refractivity contribution in [1.82, 2.24) is 0 Å². The van der Waals surface area contributed by atoms with Crippen LogP contribution in [0.15, 0.2) is 23.3 Å². The number of ether oxygens (including phenoxy) is 2. The highest BCUT2D eigenvalue weighted by atomic mass is 16.6. The average Bonchev–Trinajstić information content (AvgIpc) is 3.43. The van der Waals surface area contributed by atoms with Crippen molar-refractivity contribution >= 4 is 11.8 Å². The van der Waals surface area contributed by atoms with Crippen molar-refractivity contribution < 1.29 is 29.3 Å². The van der Waals surface area contributed by atoms with Gasteiger partial charge in [0.05, 0.1) is 23.7 Å². The highest BCUT2D eigenvalue weighted by molar-refractivity contribution is 5.98. The van der Waals surface area contributed by atoms with Crippen molar-refractivity contribution in [2.24, 2.45) is 40.4 Å². The van der Waals surface area contributed by atoms with Gasteiger partial charge >= 0.3 is 5.97 Å². The zero-order valence-corrected chi connectivity index (χ0v) is 20.8. The number of carbonyl (C=O) groups is 2. The summed E-state index contributed by atoms with van der Waals surface area (Å²) >= 11 is 0. The Hall–Kier alpha value is -1.50. The molecule has 2 heterocycles. The highest BCUT2D eigenvalue weighted by Gasteiger charge is 2.80. The number of allylic oxidation sites excluding steroid dienone is 1. The van der Waals surface area contributed by atoms with E-state index in [0.717, 1.165) is 37.7 Å². The first-order valence-corrected chi connectivity index (χ1v) is 13.2. The largest absolute Gasteiger partial charge is 0.458 e. The Morgan fingerprint density at radius 1 is 1.18 bits per heavy atom. The van der Waals surface area contributed by atoms with Crippen LogP contribution in [0.1, 0.15) is 66.2 Å². The summed E-state index contributed by atoms with van der Waals surface area (Å²) < 4.78 is 12.1. The number of fused-ring (bicyclic) bond motifs is 4. The number of ketones is 1. The third kappa shape index (κ3) is 2.63. The maximum Gasteiger partial charge on any atom is 0.336 e. The molecule has 11 atom stereocenters. The van der Waals surface area contributed by atoms with Crippen molar-refractivity contribution in [3.63, 3.8) is 0 Å². The van der Waals surface area contributed by atoms with E-state index in [1.807, 2.05) is 6.92 Å². The molecule has 4 aliphatic carbocycles. The number of rotatable bonds is 3. The number of carbonyl (C=O) groups excluding carboxylic acids is 2. The van der Waals surface area contributed by atoms with Crippen LogP contribution >= 0.6 is 0 Å². The Labute approximate surface area is 201 Å². The van der Waals surface area contributed by atoms with E-state index in [9.17, 15) is 19.8 Å². The smallest absolute Gasteiger partial charge is 0.336 e. The lowest BCUT2D eigenvalue weighted by Crippen LogP contribution is -2.63. The Kier molecular flexibility index (Phi) is 4.90. The van der Waals surface area contributed by atoms with Crippen LogP contribution in [-0.4, -0.2) is 52.5 Å². The summed E-state index contributed by atoms with van der Waals surface area (Å²) in [4.78, 5) is 25.8. The molecule has 6 heteroatoms. The lowest BCUT2D eigenvalue weighted by molar-refractivity contribution is -0.155. The first-order chi connectivity index (χ1) is 16.1. The molecule has 186 valence electrons. The van der Waals surface area contributed by atoms with E-state index in [1.165, 1.54) is 0 Å². The van der Waals surface area contributed by atoms with E-state index in [4.69, 9.17) is 9.47 Å². The third-order valence-corrected chi connectivity index (χ3v) is 11.6. The summed E-state index contributed by atoms with van der Waals surface area (Å²) in [6.45, 7) is 8.41. The highest BCUT2D eigenvalue weighted by Crippen LogP contribution is 2.73. The predicted molar refractivity (Wildman–Crippen MR) is 124 cm³/mol. The summed E-state index contributed by atoms with van der Waals surface area (Å²) in [7, 11) is 0. The first kappa shape index (κ1) is 22.9. The Balaban J connectivity index is 1.27. The normalized spacial score (nSPS) is 52.4. The van der Waals surface area contributed by atoms with Gasteiger partial charge in [-0.25, -0.2) is 4.79 Å². The van der Waals surface area contributed by atoms with Crippen LogP contribution in [0.25, 0.3) is 0 Å². The predicted octanol–water partition coefficient (Wildman–Crippen LogP) is 3.35.